The average Bonchev–Trinajstić information content (AvgIpc) is 2.74. The molecule has 1 aliphatic carbocycles. The first-order valence-electron chi connectivity index (χ1n) is 10.3. The topological polar surface area (TPSA) is 12.5 Å². The van der Waals surface area contributed by atoms with Crippen LogP contribution < -0.4 is 4.74 Å². The maximum Gasteiger partial charge on any atom is 0.119 e. The number of ether oxygens (including phenoxy) is 1. The van der Waals surface area contributed by atoms with Crippen LogP contribution in [0.5, 0.6) is 5.75 Å². The van der Waals surface area contributed by atoms with E-state index in [-0.39, 0.29) is 5.41 Å². The van der Waals surface area contributed by atoms with Crippen molar-refractivity contribution < 1.29 is 4.74 Å². The van der Waals surface area contributed by atoms with Gasteiger partial charge in [-0.1, -0.05) is 61.0 Å². The van der Waals surface area contributed by atoms with Gasteiger partial charge in [0.15, 0.2) is 0 Å². The third-order valence-corrected chi connectivity index (χ3v) is 6.75. The maximum atomic E-state index is 5.56. The van der Waals surface area contributed by atoms with Crippen molar-refractivity contribution in [1.29, 1.82) is 0 Å². The first-order chi connectivity index (χ1) is 13.2. The van der Waals surface area contributed by atoms with Crippen molar-refractivity contribution in [2.45, 2.75) is 38.0 Å². The first kappa shape index (κ1) is 18.3. The molecule has 0 aromatic heterocycles. The molecule has 4 rings (SSSR count). The van der Waals surface area contributed by atoms with Gasteiger partial charge in [-0.05, 0) is 68.0 Å². The van der Waals surface area contributed by atoms with Gasteiger partial charge in [-0.15, -0.1) is 0 Å². The van der Waals surface area contributed by atoms with Crippen molar-refractivity contribution in [2.75, 3.05) is 26.7 Å². The highest BCUT2D eigenvalue weighted by molar-refractivity contribution is 5.54. The number of allylic oxidation sites excluding steroid dienone is 1. The highest BCUT2D eigenvalue weighted by Gasteiger charge is 2.46. The van der Waals surface area contributed by atoms with E-state index in [1.807, 2.05) is 0 Å². The molecule has 0 bridgehead atoms. The van der Waals surface area contributed by atoms with Gasteiger partial charge in [0.1, 0.15) is 5.75 Å². The van der Waals surface area contributed by atoms with Crippen molar-refractivity contribution in [3.05, 3.63) is 71.3 Å². The molecule has 0 N–H and O–H groups in total. The predicted molar refractivity (Wildman–Crippen MR) is 113 cm³/mol. The van der Waals surface area contributed by atoms with E-state index in [9.17, 15) is 0 Å². The van der Waals surface area contributed by atoms with Crippen LogP contribution in [0.3, 0.4) is 0 Å². The zero-order chi connectivity index (χ0) is 18.7. The summed E-state index contributed by atoms with van der Waals surface area (Å²) in [6, 6.07) is 19.7. The first-order valence-corrected chi connectivity index (χ1v) is 10.3. The van der Waals surface area contributed by atoms with Gasteiger partial charge in [0.05, 0.1) is 7.11 Å². The molecule has 0 unspecified atom stereocenters. The minimum absolute atomic E-state index is 0.249. The summed E-state index contributed by atoms with van der Waals surface area (Å²) in [6.07, 6.45) is 7.36. The molecule has 0 spiro atoms. The van der Waals surface area contributed by atoms with Gasteiger partial charge in [0.25, 0.3) is 0 Å². The third kappa shape index (κ3) is 3.68. The van der Waals surface area contributed by atoms with Gasteiger partial charge in [0.2, 0.25) is 0 Å². The molecule has 1 saturated heterocycles. The van der Waals surface area contributed by atoms with Gasteiger partial charge >= 0.3 is 0 Å². The van der Waals surface area contributed by atoms with Crippen LogP contribution in [-0.2, 0) is 5.41 Å². The molecule has 2 atom stereocenters. The van der Waals surface area contributed by atoms with E-state index >= 15 is 0 Å². The smallest absolute Gasteiger partial charge is 0.119 e. The highest BCUT2D eigenvalue weighted by atomic mass is 16.5. The standard InChI is InChI=1S/C25H31NO/c1-3-26-15-14-25(22-10-7-11-24(17-22)27-2)18-21(12-13-23(25)19-26)16-20-8-5-4-6-9-20/h4-11,16-17,23H,3,12-15,18-19H2,1-2H3/t23-,25+/m0/s1. The van der Waals surface area contributed by atoms with E-state index in [1.165, 1.54) is 49.9 Å². The largest absolute Gasteiger partial charge is 0.497 e. The van der Waals surface area contributed by atoms with Crippen molar-refractivity contribution in [3.63, 3.8) is 0 Å². The normalized spacial score (nSPS) is 27.3. The second kappa shape index (κ2) is 7.90. The molecule has 2 aromatic rings. The zero-order valence-corrected chi connectivity index (χ0v) is 16.7. The highest BCUT2D eigenvalue weighted by Crippen LogP contribution is 2.51. The van der Waals surface area contributed by atoms with E-state index < -0.39 is 0 Å². The van der Waals surface area contributed by atoms with E-state index in [0.29, 0.717) is 0 Å². The number of benzene rings is 2. The predicted octanol–water partition coefficient (Wildman–Crippen LogP) is 5.54. The number of hydrogen-bond acceptors (Lipinski definition) is 2. The van der Waals surface area contributed by atoms with Gasteiger partial charge in [-0.3, -0.25) is 0 Å². The minimum atomic E-state index is 0.249. The Bertz CT molecular complexity index is 797. The summed E-state index contributed by atoms with van der Waals surface area (Å²) in [5, 5.41) is 0. The Labute approximate surface area is 163 Å². The summed E-state index contributed by atoms with van der Waals surface area (Å²) in [5.74, 6) is 1.71. The number of fused-ring (bicyclic) bond motifs is 1. The van der Waals surface area contributed by atoms with E-state index in [0.717, 1.165) is 18.2 Å². The fourth-order valence-electron chi connectivity index (χ4n) is 5.20. The third-order valence-electron chi connectivity index (χ3n) is 6.75. The monoisotopic (exact) mass is 361 g/mol. The lowest BCUT2D eigenvalue weighted by atomic mass is 9.58. The Morgan fingerprint density at radius 3 is 2.78 bits per heavy atom. The van der Waals surface area contributed by atoms with Crippen LogP contribution in [-0.4, -0.2) is 31.6 Å². The molecule has 0 amide bonds. The summed E-state index contributed by atoms with van der Waals surface area (Å²) < 4.78 is 5.56. The van der Waals surface area contributed by atoms with Crippen molar-refractivity contribution in [2.24, 2.45) is 5.92 Å². The lowest BCUT2D eigenvalue weighted by Gasteiger charge is -2.52. The molecule has 2 aromatic carbocycles. The number of piperidine rings is 1. The van der Waals surface area contributed by atoms with Crippen LogP contribution in [0.15, 0.2) is 60.2 Å². The molecular formula is C25H31NO. The van der Waals surface area contributed by atoms with Crippen LogP contribution in [0.25, 0.3) is 6.08 Å². The quantitative estimate of drug-likeness (QED) is 0.709. The van der Waals surface area contributed by atoms with Crippen LogP contribution in [0, 0.1) is 5.92 Å². The van der Waals surface area contributed by atoms with Gasteiger partial charge < -0.3 is 9.64 Å². The Balaban J connectivity index is 1.71. The minimum Gasteiger partial charge on any atom is -0.497 e. The summed E-state index contributed by atoms with van der Waals surface area (Å²) in [6.45, 7) is 5.88. The van der Waals surface area contributed by atoms with Crippen molar-refractivity contribution in [1.82, 2.24) is 4.90 Å². The zero-order valence-electron chi connectivity index (χ0n) is 16.7. The number of rotatable bonds is 4. The molecule has 2 aliphatic rings. The molecule has 142 valence electrons. The molecular weight excluding hydrogens is 330 g/mol. The summed E-state index contributed by atoms with van der Waals surface area (Å²) in [7, 11) is 1.77. The fourth-order valence-corrected chi connectivity index (χ4v) is 5.20. The lowest BCUT2D eigenvalue weighted by Crippen LogP contribution is -2.51. The Morgan fingerprint density at radius 2 is 2.00 bits per heavy atom. The second-order valence-electron chi connectivity index (χ2n) is 8.16. The Morgan fingerprint density at radius 1 is 1.15 bits per heavy atom. The van der Waals surface area contributed by atoms with Crippen LogP contribution in [0.4, 0.5) is 0 Å². The summed E-state index contributed by atoms with van der Waals surface area (Å²) >= 11 is 0. The number of methoxy groups -OCH3 is 1. The van der Waals surface area contributed by atoms with E-state index in [1.54, 1.807) is 12.7 Å². The molecule has 1 aliphatic heterocycles. The number of likely N-dealkylation sites (tertiary alicyclic amines) is 1. The molecule has 2 heteroatoms. The van der Waals surface area contributed by atoms with Crippen LogP contribution >= 0.6 is 0 Å². The van der Waals surface area contributed by atoms with Crippen molar-refractivity contribution in [3.8, 4) is 5.75 Å². The van der Waals surface area contributed by atoms with Crippen LogP contribution in [0.2, 0.25) is 0 Å². The second-order valence-corrected chi connectivity index (χ2v) is 8.16. The van der Waals surface area contributed by atoms with E-state index in [4.69, 9.17) is 4.74 Å². The average molecular weight is 362 g/mol. The molecule has 1 heterocycles. The fraction of sp³-hybridized carbons (Fsp3) is 0.440. The van der Waals surface area contributed by atoms with E-state index in [2.05, 4.69) is 72.5 Å². The molecule has 1 saturated carbocycles. The van der Waals surface area contributed by atoms with Gasteiger partial charge in [-0.2, -0.15) is 0 Å². The molecule has 27 heavy (non-hydrogen) atoms. The van der Waals surface area contributed by atoms with Gasteiger partial charge in [0, 0.05) is 12.0 Å². The molecule has 0 radical (unpaired) electrons. The Kier molecular flexibility index (Phi) is 5.36. The Hall–Kier alpha value is -2.06. The molecule has 2 nitrogen and oxygen atoms in total. The number of nitrogens with zero attached hydrogens (tertiary/aromatic N) is 1. The SMILES string of the molecule is CCN1CC[C@]2(c3cccc(OC)c3)CC(=Cc3ccccc3)CC[C@H]2C1. The van der Waals surface area contributed by atoms with Crippen LogP contribution in [0.1, 0.15) is 43.7 Å². The summed E-state index contributed by atoms with van der Waals surface area (Å²) in [4.78, 5) is 2.63. The van der Waals surface area contributed by atoms with Crippen molar-refractivity contribution >= 4 is 6.08 Å². The molecule has 2 fully saturated rings. The lowest BCUT2D eigenvalue weighted by molar-refractivity contribution is 0.0748. The van der Waals surface area contributed by atoms with Gasteiger partial charge in [-0.25, -0.2) is 0 Å². The maximum absolute atomic E-state index is 5.56. The summed E-state index contributed by atoms with van der Waals surface area (Å²) in [5.41, 5.74) is 4.66. The number of hydrogen-bond donors (Lipinski definition) is 0.